The van der Waals surface area contributed by atoms with Gasteiger partial charge in [0.25, 0.3) is 0 Å². The average Bonchev–Trinajstić information content (AvgIpc) is 2.64. The van der Waals surface area contributed by atoms with Crippen LogP contribution in [0.4, 0.5) is 0 Å². The normalized spacial score (nSPS) is 11.9. The minimum absolute atomic E-state index is 0.0166. The summed E-state index contributed by atoms with van der Waals surface area (Å²) in [5, 5.41) is 0. The number of rotatable bonds is 17. The van der Waals surface area contributed by atoms with Crippen LogP contribution in [0.1, 0.15) is 112 Å². The van der Waals surface area contributed by atoms with Gasteiger partial charge in [0, 0.05) is 0 Å². The molecular weight excluding hydrogens is 310 g/mol. The molecule has 0 atom stereocenters. The van der Waals surface area contributed by atoms with Crippen LogP contribution in [-0.2, 0) is 9.53 Å². The van der Waals surface area contributed by atoms with Gasteiger partial charge in [-0.1, -0.05) is 92.4 Å². The zero-order valence-corrected chi connectivity index (χ0v) is 17.9. The van der Waals surface area contributed by atoms with Crippen LogP contribution >= 0.6 is 0 Å². The van der Waals surface area contributed by atoms with Crippen LogP contribution < -0.4 is 0 Å². The molecule has 150 valence electrons. The molecule has 0 rings (SSSR count). The van der Waals surface area contributed by atoms with Crippen molar-refractivity contribution in [3.05, 3.63) is 0 Å². The van der Waals surface area contributed by atoms with Crippen LogP contribution in [0.25, 0.3) is 0 Å². The average molecular weight is 356 g/mol. The van der Waals surface area contributed by atoms with Crippen LogP contribution in [0.15, 0.2) is 0 Å². The van der Waals surface area contributed by atoms with Gasteiger partial charge in [-0.05, 0) is 32.4 Å². The van der Waals surface area contributed by atoms with Crippen molar-refractivity contribution in [2.24, 2.45) is 0 Å². The third kappa shape index (κ3) is 9.08. The lowest BCUT2D eigenvalue weighted by Crippen LogP contribution is -2.54. The SMILES string of the molecule is CCCCCCCCCCCCOC(=O)C(CC)(CC)N(CC)CC. The summed E-state index contributed by atoms with van der Waals surface area (Å²) in [6.07, 6.45) is 14.7. The van der Waals surface area contributed by atoms with Crippen molar-refractivity contribution in [1.29, 1.82) is 0 Å². The van der Waals surface area contributed by atoms with Crippen molar-refractivity contribution in [1.82, 2.24) is 4.90 Å². The third-order valence-electron chi connectivity index (χ3n) is 5.65. The quantitative estimate of drug-likeness (QED) is 0.225. The number of hydrogen-bond acceptors (Lipinski definition) is 3. The second-order valence-corrected chi connectivity index (χ2v) is 7.23. The van der Waals surface area contributed by atoms with E-state index in [-0.39, 0.29) is 5.97 Å². The van der Waals surface area contributed by atoms with Crippen molar-refractivity contribution in [3.63, 3.8) is 0 Å². The Morgan fingerprint density at radius 1 is 0.720 bits per heavy atom. The summed E-state index contributed by atoms with van der Waals surface area (Å²) in [6, 6.07) is 0. The van der Waals surface area contributed by atoms with Crippen LogP contribution in [0.3, 0.4) is 0 Å². The first-order valence-electron chi connectivity index (χ1n) is 11.0. The summed E-state index contributed by atoms with van der Waals surface area (Å²) < 4.78 is 5.67. The molecule has 0 aliphatic heterocycles. The summed E-state index contributed by atoms with van der Waals surface area (Å²) in [4.78, 5) is 14.9. The fourth-order valence-electron chi connectivity index (χ4n) is 3.83. The Kier molecular flexibility index (Phi) is 15.3. The van der Waals surface area contributed by atoms with Crippen molar-refractivity contribution in [3.8, 4) is 0 Å². The van der Waals surface area contributed by atoms with Gasteiger partial charge < -0.3 is 4.74 Å². The molecule has 0 saturated heterocycles. The maximum atomic E-state index is 12.7. The first-order valence-corrected chi connectivity index (χ1v) is 11.0. The van der Waals surface area contributed by atoms with E-state index in [0.29, 0.717) is 6.61 Å². The van der Waals surface area contributed by atoms with Gasteiger partial charge in [-0.25, -0.2) is 0 Å². The Bertz CT molecular complexity index is 309. The first-order chi connectivity index (χ1) is 12.1. The van der Waals surface area contributed by atoms with Gasteiger partial charge in [0.2, 0.25) is 0 Å². The topological polar surface area (TPSA) is 29.5 Å². The molecule has 0 saturated carbocycles. The second-order valence-electron chi connectivity index (χ2n) is 7.23. The molecule has 0 bridgehead atoms. The minimum atomic E-state index is -0.429. The monoisotopic (exact) mass is 355 g/mol. The molecule has 0 aliphatic rings. The van der Waals surface area contributed by atoms with Gasteiger partial charge in [-0.2, -0.15) is 0 Å². The largest absolute Gasteiger partial charge is 0.464 e. The predicted molar refractivity (Wildman–Crippen MR) is 109 cm³/mol. The van der Waals surface area contributed by atoms with Crippen LogP contribution in [0.2, 0.25) is 0 Å². The maximum absolute atomic E-state index is 12.7. The number of hydrogen-bond donors (Lipinski definition) is 0. The zero-order valence-electron chi connectivity index (χ0n) is 17.9. The summed E-state index contributed by atoms with van der Waals surface area (Å²) in [6.45, 7) is 13.1. The van der Waals surface area contributed by atoms with Gasteiger partial charge in [0.1, 0.15) is 5.54 Å². The summed E-state index contributed by atoms with van der Waals surface area (Å²) in [5.41, 5.74) is -0.429. The Balaban J connectivity index is 3.90. The number of carbonyl (C=O) groups is 1. The van der Waals surface area contributed by atoms with Gasteiger partial charge >= 0.3 is 5.97 Å². The van der Waals surface area contributed by atoms with E-state index in [0.717, 1.165) is 32.4 Å². The first kappa shape index (κ1) is 24.4. The van der Waals surface area contributed by atoms with E-state index in [1.807, 2.05) is 0 Å². The lowest BCUT2D eigenvalue weighted by Gasteiger charge is -2.39. The third-order valence-corrected chi connectivity index (χ3v) is 5.65. The zero-order chi connectivity index (χ0) is 19.0. The highest BCUT2D eigenvalue weighted by Crippen LogP contribution is 2.25. The molecule has 0 aromatic carbocycles. The predicted octanol–water partition coefficient (Wildman–Crippen LogP) is 6.35. The van der Waals surface area contributed by atoms with Crippen molar-refractivity contribution >= 4 is 5.97 Å². The van der Waals surface area contributed by atoms with Crippen LogP contribution in [0.5, 0.6) is 0 Å². The van der Waals surface area contributed by atoms with Gasteiger partial charge in [-0.3, -0.25) is 9.69 Å². The van der Waals surface area contributed by atoms with E-state index in [2.05, 4.69) is 39.5 Å². The second kappa shape index (κ2) is 15.7. The maximum Gasteiger partial charge on any atom is 0.326 e. The van der Waals surface area contributed by atoms with Gasteiger partial charge in [0.05, 0.1) is 6.61 Å². The number of unbranched alkanes of at least 4 members (excludes halogenated alkanes) is 9. The summed E-state index contributed by atoms with van der Waals surface area (Å²) in [5.74, 6) is -0.0166. The number of carbonyl (C=O) groups excluding carboxylic acids is 1. The highest BCUT2D eigenvalue weighted by Gasteiger charge is 2.40. The molecule has 0 aromatic rings. The highest BCUT2D eigenvalue weighted by atomic mass is 16.5. The Labute approximate surface area is 157 Å². The van der Waals surface area contributed by atoms with E-state index in [4.69, 9.17) is 4.74 Å². The summed E-state index contributed by atoms with van der Waals surface area (Å²) >= 11 is 0. The smallest absolute Gasteiger partial charge is 0.326 e. The molecule has 25 heavy (non-hydrogen) atoms. The fraction of sp³-hybridized carbons (Fsp3) is 0.955. The van der Waals surface area contributed by atoms with E-state index in [1.165, 1.54) is 57.8 Å². The molecule has 0 radical (unpaired) electrons. The number of likely N-dealkylation sites (N-methyl/N-ethyl adjacent to an activating group) is 1. The van der Waals surface area contributed by atoms with E-state index >= 15 is 0 Å². The molecular formula is C22H45NO2. The van der Waals surface area contributed by atoms with Crippen molar-refractivity contribution < 1.29 is 9.53 Å². The standard InChI is InChI=1S/C22H45NO2/c1-6-11-12-13-14-15-16-17-18-19-20-25-21(24)22(7-2,8-3)23(9-4)10-5/h6-20H2,1-5H3. The van der Waals surface area contributed by atoms with Crippen molar-refractivity contribution in [2.45, 2.75) is 117 Å². The lowest BCUT2D eigenvalue weighted by molar-refractivity contribution is -0.159. The molecule has 0 aromatic heterocycles. The van der Waals surface area contributed by atoms with E-state index in [9.17, 15) is 4.79 Å². The lowest BCUT2D eigenvalue weighted by atomic mass is 9.90. The summed E-state index contributed by atoms with van der Waals surface area (Å²) in [7, 11) is 0. The Morgan fingerprint density at radius 3 is 1.56 bits per heavy atom. The molecule has 0 N–H and O–H groups in total. The number of ether oxygens (including phenoxy) is 1. The molecule has 3 heteroatoms. The molecule has 0 aliphatic carbocycles. The molecule has 0 spiro atoms. The fourth-order valence-corrected chi connectivity index (χ4v) is 3.83. The van der Waals surface area contributed by atoms with Gasteiger partial charge in [-0.15, -0.1) is 0 Å². The van der Waals surface area contributed by atoms with E-state index in [1.54, 1.807) is 0 Å². The highest BCUT2D eigenvalue weighted by molar-refractivity contribution is 5.80. The molecule has 0 heterocycles. The minimum Gasteiger partial charge on any atom is -0.464 e. The number of esters is 1. The van der Waals surface area contributed by atoms with Gasteiger partial charge in [0.15, 0.2) is 0 Å². The Morgan fingerprint density at radius 2 is 1.16 bits per heavy atom. The molecule has 0 fully saturated rings. The molecule has 0 unspecified atom stereocenters. The molecule has 0 amide bonds. The Hall–Kier alpha value is -0.570. The number of nitrogens with zero attached hydrogens (tertiary/aromatic N) is 1. The van der Waals surface area contributed by atoms with E-state index < -0.39 is 5.54 Å². The molecule has 3 nitrogen and oxygen atoms in total. The van der Waals surface area contributed by atoms with Crippen LogP contribution in [0, 0.1) is 0 Å². The van der Waals surface area contributed by atoms with Crippen molar-refractivity contribution in [2.75, 3.05) is 19.7 Å². The van der Waals surface area contributed by atoms with Crippen LogP contribution in [-0.4, -0.2) is 36.1 Å².